The van der Waals surface area contributed by atoms with Gasteiger partial charge in [0.15, 0.2) is 11.3 Å². The number of carbonyl (C=O) groups is 2. The van der Waals surface area contributed by atoms with Crippen LogP contribution in [0, 0.1) is 6.92 Å². The summed E-state index contributed by atoms with van der Waals surface area (Å²) in [7, 11) is -4.02. The Bertz CT molecular complexity index is 2900. The van der Waals surface area contributed by atoms with Crippen LogP contribution in [0.1, 0.15) is 102 Å². The Labute approximate surface area is 414 Å². The summed E-state index contributed by atoms with van der Waals surface area (Å²) in [6.45, 7) is 15.2. The van der Waals surface area contributed by atoms with Gasteiger partial charge in [0.05, 0.1) is 39.4 Å². The predicted octanol–water partition coefficient (Wildman–Crippen LogP) is 8.29. The number of benzene rings is 3. The summed E-state index contributed by atoms with van der Waals surface area (Å²) in [5, 5.41) is 25.0. The summed E-state index contributed by atoms with van der Waals surface area (Å²) in [5.41, 5.74) is 11.5. The molecule has 2 saturated heterocycles. The second-order valence-electron chi connectivity index (χ2n) is 17.8. The average molecular weight is 985 g/mol. The number of amides is 2. The first-order valence-corrected chi connectivity index (χ1v) is 26.1. The molecule has 0 bridgehead atoms. The van der Waals surface area contributed by atoms with E-state index in [0.717, 1.165) is 151 Å². The molecule has 71 heavy (non-hydrogen) atoms. The van der Waals surface area contributed by atoms with E-state index in [9.17, 15) is 18.0 Å². The molecule has 7 aromatic rings. The lowest BCUT2D eigenvalue weighted by atomic mass is 10.0. The molecule has 9 rings (SSSR count). The molecule has 0 radical (unpaired) electrons. The summed E-state index contributed by atoms with van der Waals surface area (Å²) < 4.78 is 44.6. The van der Waals surface area contributed by atoms with E-state index in [1.54, 1.807) is 12.1 Å². The fourth-order valence-electron chi connectivity index (χ4n) is 9.08. The third kappa shape index (κ3) is 11.9. The molecule has 6 heterocycles. The normalized spacial score (nSPS) is 14.5. The molecule has 17 nitrogen and oxygen atoms in total. The van der Waals surface area contributed by atoms with E-state index in [1.807, 2.05) is 77.2 Å². The number of rotatable bonds is 16. The molecule has 18 heteroatoms. The van der Waals surface area contributed by atoms with Crippen molar-refractivity contribution in [3.05, 3.63) is 124 Å². The van der Waals surface area contributed by atoms with E-state index in [-0.39, 0.29) is 28.8 Å². The molecule has 2 aliphatic rings. The molecular formula is C53H64N10O7S. The number of hydrogen-bond acceptors (Lipinski definition) is 12. The van der Waals surface area contributed by atoms with Gasteiger partial charge in [-0.05, 0) is 107 Å². The Morgan fingerprint density at radius 1 is 0.620 bits per heavy atom. The van der Waals surface area contributed by atoms with Crippen LogP contribution in [0.4, 0.5) is 11.4 Å². The van der Waals surface area contributed by atoms with Crippen molar-refractivity contribution < 1.29 is 32.0 Å². The van der Waals surface area contributed by atoms with Crippen molar-refractivity contribution in [3.8, 4) is 11.1 Å². The number of anilines is 2. The summed E-state index contributed by atoms with van der Waals surface area (Å²) in [6, 6.07) is 21.6. The molecule has 4 aromatic heterocycles. The van der Waals surface area contributed by atoms with Crippen molar-refractivity contribution in [2.45, 2.75) is 116 Å². The van der Waals surface area contributed by atoms with Crippen LogP contribution in [-0.4, -0.2) is 92.8 Å². The first-order valence-electron chi connectivity index (χ1n) is 24.6. The number of aromatic nitrogens is 6. The van der Waals surface area contributed by atoms with Gasteiger partial charge in [0.2, 0.25) is 0 Å². The largest absolute Gasteiger partial charge is 0.381 e. The van der Waals surface area contributed by atoms with Gasteiger partial charge in [0, 0.05) is 98.3 Å². The number of pyridine rings is 2. The van der Waals surface area contributed by atoms with Crippen LogP contribution in [0.3, 0.4) is 0 Å². The third-order valence-corrected chi connectivity index (χ3v) is 14.0. The highest BCUT2D eigenvalue weighted by molar-refractivity contribution is 7.85. The molecule has 0 spiro atoms. The number of ether oxygens (including phenoxy) is 2. The Morgan fingerprint density at radius 2 is 1.01 bits per heavy atom. The number of hydrogen-bond donors (Lipinski definition) is 5. The van der Waals surface area contributed by atoms with E-state index in [0.29, 0.717) is 24.2 Å². The van der Waals surface area contributed by atoms with E-state index in [1.165, 1.54) is 12.1 Å². The minimum atomic E-state index is -4.02. The van der Waals surface area contributed by atoms with Crippen LogP contribution < -0.4 is 21.3 Å². The van der Waals surface area contributed by atoms with E-state index < -0.39 is 10.1 Å². The third-order valence-electron chi connectivity index (χ3n) is 13.2. The molecule has 0 aliphatic carbocycles. The van der Waals surface area contributed by atoms with Gasteiger partial charge in [0.1, 0.15) is 0 Å². The lowest BCUT2D eigenvalue weighted by Gasteiger charge is -2.26. The fraction of sp³-hybridized carbons (Fsp3) is 0.396. The maximum atomic E-state index is 13.6. The van der Waals surface area contributed by atoms with Gasteiger partial charge in [-0.1, -0.05) is 55.8 Å². The van der Waals surface area contributed by atoms with E-state index in [2.05, 4.69) is 59.2 Å². The maximum absolute atomic E-state index is 13.6. The molecule has 374 valence electrons. The van der Waals surface area contributed by atoms with Crippen molar-refractivity contribution in [2.75, 3.05) is 37.1 Å². The van der Waals surface area contributed by atoms with Crippen LogP contribution in [-0.2, 0) is 58.6 Å². The highest BCUT2D eigenvalue weighted by Gasteiger charge is 2.24. The van der Waals surface area contributed by atoms with Crippen LogP contribution in [0.25, 0.3) is 33.2 Å². The van der Waals surface area contributed by atoms with Gasteiger partial charge in [-0.2, -0.15) is 18.6 Å². The van der Waals surface area contributed by atoms with E-state index >= 15 is 0 Å². The molecule has 2 fully saturated rings. The van der Waals surface area contributed by atoms with Gasteiger partial charge in [-0.15, -0.1) is 0 Å². The Morgan fingerprint density at radius 3 is 1.37 bits per heavy atom. The van der Waals surface area contributed by atoms with Gasteiger partial charge in [-0.25, -0.2) is 19.3 Å². The Kier molecular flexibility index (Phi) is 16.4. The lowest BCUT2D eigenvalue weighted by Crippen LogP contribution is -2.30. The van der Waals surface area contributed by atoms with Gasteiger partial charge < -0.3 is 30.7 Å². The van der Waals surface area contributed by atoms with E-state index in [4.69, 9.17) is 24.0 Å². The predicted molar refractivity (Wildman–Crippen MR) is 275 cm³/mol. The number of aryl methyl sites for hydroxylation is 5. The zero-order chi connectivity index (χ0) is 50.1. The maximum Gasteiger partial charge on any atom is 0.294 e. The molecule has 0 unspecified atom stereocenters. The average Bonchev–Trinajstić information content (AvgIpc) is 4.02. The Hall–Kier alpha value is -6.73. The van der Waals surface area contributed by atoms with Crippen LogP contribution >= 0.6 is 0 Å². The lowest BCUT2D eigenvalue weighted by molar-refractivity contribution is 0.0903. The van der Waals surface area contributed by atoms with Gasteiger partial charge in [-0.3, -0.25) is 14.1 Å². The first kappa shape index (κ1) is 50.7. The molecular weight excluding hydrogens is 921 g/mol. The summed E-state index contributed by atoms with van der Waals surface area (Å²) in [6.07, 6.45) is 8.87. The molecule has 2 aliphatic heterocycles. The summed E-state index contributed by atoms with van der Waals surface area (Å²) in [5.74, 6) is -0.328. The van der Waals surface area contributed by atoms with Crippen LogP contribution in [0.15, 0.2) is 90.1 Å². The second-order valence-corrected chi connectivity index (χ2v) is 19.2. The monoisotopic (exact) mass is 984 g/mol. The number of nitrogens with zero attached hydrogens (tertiary/aromatic N) is 6. The van der Waals surface area contributed by atoms with Gasteiger partial charge >= 0.3 is 0 Å². The second kappa shape index (κ2) is 23.0. The molecule has 5 N–H and O–H groups in total. The number of carbonyl (C=O) groups excluding carboxylic acids is 2. The Balaban J connectivity index is 0.000000544. The minimum absolute atomic E-state index is 0.0666. The molecule has 0 atom stereocenters. The number of fused-ring (bicyclic) bond motifs is 2. The van der Waals surface area contributed by atoms with Gasteiger partial charge in [0.25, 0.3) is 21.9 Å². The smallest absolute Gasteiger partial charge is 0.294 e. The number of nitrogens with one attached hydrogen (secondary N) is 4. The quantitative estimate of drug-likeness (QED) is 0.0577. The standard InChI is InChI=1S/C46H56N10O4.C7H8O3S/c1-5-39-35(41(51-33-17-21-59-22-18-33)37-27-49-55(7-3)43(37)53-39)25-47-45(57)31-13-9-29(10-14-31)30-11-15-32(16-12-30)46(58)48-26-36-40(6-2)54-44-38(28-50-56(44)8-4)42(36)52-34-19-23-60-24-20-34;1-6-2-4-7(5-3-6)11(8,9)10/h9-16,27-28,33-34H,5-8,17-26H2,1-4H3,(H,47,57)(H,48,58)(H,51,53)(H,52,54);2-5H,1H3,(H,8,9,10). The topological polar surface area (TPSA) is 217 Å². The van der Waals surface area contributed by atoms with Crippen molar-refractivity contribution in [3.63, 3.8) is 0 Å². The highest BCUT2D eigenvalue weighted by Crippen LogP contribution is 2.33. The zero-order valence-corrected chi connectivity index (χ0v) is 41.9. The van der Waals surface area contributed by atoms with Crippen molar-refractivity contribution in [2.24, 2.45) is 0 Å². The van der Waals surface area contributed by atoms with Crippen LogP contribution in [0.2, 0.25) is 0 Å². The molecule has 0 saturated carbocycles. The molecule has 2 amide bonds. The van der Waals surface area contributed by atoms with Crippen molar-refractivity contribution in [1.82, 2.24) is 40.2 Å². The van der Waals surface area contributed by atoms with Crippen LogP contribution in [0.5, 0.6) is 0 Å². The van der Waals surface area contributed by atoms with Crippen molar-refractivity contribution >= 4 is 55.4 Å². The minimum Gasteiger partial charge on any atom is -0.381 e. The highest BCUT2D eigenvalue weighted by atomic mass is 32.2. The SMILES string of the molecule is CCc1nc2c(cnn2CC)c(NC2CCOCC2)c1CNC(=O)c1ccc(-c2ccc(C(=O)NCc3c(CC)nc4c(cnn4CC)c3NC3CCOCC3)cc2)cc1.Cc1ccc(S(=O)(=O)O)cc1. The summed E-state index contributed by atoms with van der Waals surface area (Å²) in [4.78, 5) is 37.1. The molecule has 3 aromatic carbocycles. The fourth-order valence-corrected chi connectivity index (χ4v) is 9.56. The first-order chi connectivity index (χ1) is 34.4. The zero-order valence-electron chi connectivity index (χ0n) is 41.1. The van der Waals surface area contributed by atoms with Crippen molar-refractivity contribution in [1.29, 1.82) is 0 Å². The summed E-state index contributed by atoms with van der Waals surface area (Å²) >= 11 is 0.